The Morgan fingerprint density at radius 2 is 1.62 bits per heavy atom. The quantitative estimate of drug-likeness (QED) is 0.685. The van der Waals surface area contributed by atoms with Gasteiger partial charge in [-0.1, -0.05) is 27.4 Å². The number of carbonyl (C=O) groups excluding carboxylic acids is 1. The monoisotopic (exact) mass is 440 g/mol. The molecule has 1 saturated heterocycles. The molecule has 0 radical (unpaired) electrons. The fraction of sp³-hybridized carbons (Fsp3) is 0.350. The van der Waals surface area contributed by atoms with Gasteiger partial charge < -0.3 is 9.80 Å². The SMILES string of the molecule is Cc1ccc(S(C)(=O)=O)cc1C(=O)N1CCN(c2ccc(C(F)(F)P)cc2)CC1. The number of hydrogen-bond acceptors (Lipinski definition) is 4. The Balaban J connectivity index is 1.70. The van der Waals surface area contributed by atoms with Crippen LogP contribution in [0.2, 0.25) is 0 Å². The lowest BCUT2D eigenvalue weighted by atomic mass is 10.1. The summed E-state index contributed by atoms with van der Waals surface area (Å²) >= 11 is 0. The van der Waals surface area contributed by atoms with Crippen molar-refractivity contribution in [1.82, 2.24) is 4.90 Å². The summed E-state index contributed by atoms with van der Waals surface area (Å²) in [7, 11) is -1.87. The average molecular weight is 440 g/mol. The van der Waals surface area contributed by atoms with Crippen LogP contribution in [-0.2, 0) is 15.5 Å². The second-order valence-electron chi connectivity index (χ2n) is 7.20. The van der Waals surface area contributed by atoms with Crippen LogP contribution in [0.4, 0.5) is 14.5 Å². The van der Waals surface area contributed by atoms with E-state index in [2.05, 4.69) is 0 Å². The first-order valence-corrected chi connectivity index (χ1v) is 11.6. The molecule has 5 nitrogen and oxygen atoms in total. The molecule has 1 unspecified atom stereocenters. The van der Waals surface area contributed by atoms with E-state index in [1.165, 1.54) is 33.5 Å². The third-order valence-electron chi connectivity index (χ3n) is 5.05. The number of rotatable bonds is 4. The number of sulfone groups is 1. The summed E-state index contributed by atoms with van der Waals surface area (Å²) in [4.78, 5) is 16.8. The number of halogens is 2. The smallest absolute Gasteiger partial charge is 0.283 e. The summed E-state index contributed by atoms with van der Waals surface area (Å²) in [6.07, 6.45) is 1.11. The zero-order chi connectivity index (χ0) is 21.4. The minimum atomic E-state index is -3.40. The summed E-state index contributed by atoms with van der Waals surface area (Å²) in [5, 5.41) is 0. The van der Waals surface area contributed by atoms with E-state index in [9.17, 15) is 22.0 Å². The van der Waals surface area contributed by atoms with Crippen LogP contribution < -0.4 is 4.90 Å². The van der Waals surface area contributed by atoms with Crippen LogP contribution in [0.3, 0.4) is 0 Å². The average Bonchev–Trinajstić information content (AvgIpc) is 2.66. The molecular formula is C20H23F2N2O3PS. The molecule has 1 heterocycles. The second kappa shape index (κ2) is 8.00. The topological polar surface area (TPSA) is 57.7 Å². The van der Waals surface area contributed by atoms with Crippen molar-refractivity contribution in [2.75, 3.05) is 37.3 Å². The van der Waals surface area contributed by atoms with Crippen LogP contribution >= 0.6 is 9.24 Å². The number of benzene rings is 2. The summed E-state index contributed by atoms with van der Waals surface area (Å²) in [5.41, 5.74) is -1.10. The van der Waals surface area contributed by atoms with Gasteiger partial charge in [0.1, 0.15) is 0 Å². The molecule has 0 bridgehead atoms. The highest BCUT2D eigenvalue weighted by molar-refractivity contribution is 7.90. The largest absolute Gasteiger partial charge is 0.368 e. The fourth-order valence-electron chi connectivity index (χ4n) is 3.29. The Morgan fingerprint density at radius 1 is 1.03 bits per heavy atom. The molecule has 0 saturated carbocycles. The molecule has 0 N–H and O–H groups in total. The van der Waals surface area contributed by atoms with Crippen molar-refractivity contribution in [3.05, 3.63) is 59.2 Å². The van der Waals surface area contributed by atoms with Gasteiger partial charge in [0.2, 0.25) is 0 Å². The molecule has 2 aromatic carbocycles. The number of aryl methyl sites for hydroxylation is 1. The molecule has 156 valence electrons. The summed E-state index contributed by atoms with van der Waals surface area (Å²) in [5.74, 6) is -0.203. The van der Waals surface area contributed by atoms with Gasteiger partial charge in [-0.3, -0.25) is 4.79 Å². The maximum atomic E-state index is 13.3. The van der Waals surface area contributed by atoms with Crippen molar-refractivity contribution in [1.29, 1.82) is 0 Å². The lowest BCUT2D eigenvalue weighted by Crippen LogP contribution is -2.49. The molecule has 0 spiro atoms. The molecule has 0 aromatic heterocycles. The minimum Gasteiger partial charge on any atom is -0.368 e. The summed E-state index contributed by atoms with van der Waals surface area (Å²) in [6.45, 7) is 3.82. The van der Waals surface area contributed by atoms with Crippen LogP contribution in [-0.4, -0.2) is 51.7 Å². The van der Waals surface area contributed by atoms with Crippen LogP contribution in [0.5, 0.6) is 0 Å². The van der Waals surface area contributed by atoms with Gasteiger partial charge in [-0.05, 0) is 36.8 Å². The van der Waals surface area contributed by atoms with Gasteiger partial charge in [-0.2, -0.15) is 8.78 Å². The first-order chi connectivity index (χ1) is 13.5. The van der Waals surface area contributed by atoms with E-state index in [0.717, 1.165) is 17.5 Å². The fourth-order valence-corrected chi connectivity index (χ4v) is 4.13. The summed E-state index contributed by atoms with van der Waals surface area (Å²) in [6, 6.07) is 10.7. The number of piperazine rings is 1. The van der Waals surface area contributed by atoms with Crippen molar-refractivity contribution in [3.63, 3.8) is 0 Å². The van der Waals surface area contributed by atoms with E-state index in [-0.39, 0.29) is 16.4 Å². The Labute approximate surface area is 171 Å². The Kier molecular flexibility index (Phi) is 5.97. The van der Waals surface area contributed by atoms with Gasteiger partial charge in [0.15, 0.2) is 9.84 Å². The molecule has 1 fully saturated rings. The molecule has 3 rings (SSSR count). The number of amides is 1. The van der Waals surface area contributed by atoms with Gasteiger partial charge in [-0.15, -0.1) is 0 Å². The molecule has 1 aliphatic heterocycles. The van der Waals surface area contributed by atoms with Crippen LogP contribution in [0, 0.1) is 6.92 Å². The van der Waals surface area contributed by atoms with Gasteiger partial charge >= 0.3 is 0 Å². The standard InChI is InChI=1S/C20H23F2N2O3PS/c1-14-3-8-17(29(2,26)27)13-18(14)19(25)24-11-9-23(10-12-24)16-6-4-15(5-7-16)20(21,22)28/h3-8,13H,9-12,28H2,1-2H3. The normalized spacial score (nSPS) is 15.5. The molecular weight excluding hydrogens is 417 g/mol. The Morgan fingerprint density at radius 3 is 2.14 bits per heavy atom. The molecule has 9 heteroatoms. The van der Waals surface area contributed by atoms with Crippen molar-refractivity contribution < 1.29 is 22.0 Å². The van der Waals surface area contributed by atoms with E-state index >= 15 is 0 Å². The first kappa shape index (κ1) is 21.7. The van der Waals surface area contributed by atoms with Crippen LogP contribution in [0.15, 0.2) is 47.4 Å². The van der Waals surface area contributed by atoms with Crippen molar-refractivity contribution in [2.45, 2.75) is 17.5 Å². The highest BCUT2D eigenvalue weighted by Gasteiger charge is 2.26. The van der Waals surface area contributed by atoms with Crippen molar-refractivity contribution in [2.24, 2.45) is 0 Å². The van der Waals surface area contributed by atoms with E-state index in [1.807, 2.05) is 4.90 Å². The van der Waals surface area contributed by atoms with Gasteiger partial charge in [0, 0.05) is 49.2 Å². The van der Waals surface area contributed by atoms with E-state index < -0.39 is 15.5 Å². The van der Waals surface area contributed by atoms with E-state index in [1.54, 1.807) is 30.0 Å². The third-order valence-corrected chi connectivity index (χ3v) is 6.50. The number of alkyl halides is 2. The highest BCUT2D eigenvalue weighted by atomic mass is 32.2. The number of carbonyl (C=O) groups is 1. The van der Waals surface area contributed by atoms with E-state index in [4.69, 9.17) is 0 Å². The number of nitrogens with zero attached hydrogens (tertiary/aromatic N) is 2. The lowest BCUT2D eigenvalue weighted by Gasteiger charge is -2.36. The molecule has 1 atom stereocenters. The Bertz CT molecular complexity index is 1010. The van der Waals surface area contributed by atoms with Crippen LogP contribution in [0.25, 0.3) is 0 Å². The zero-order valence-electron chi connectivity index (χ0n) is 16.2. The van der Waals surface area contributed by atoms with E-state index in [0.29, 0.717) is 31.7 Å². The predicted octanol–water partition coefficient (Wildman–Crippen LogP) is 3.29. The number of hydrogen-bond donors (Lipinski definition) is 0. The van der Waals surface area contributed by atoms with Gasteiger partial charge in [0.05, 0.1) is 4.90 Å². The molecule has 0 aliphatic carbocycles. The summed E-state index contributed by atoms with van der Waals surface area (Å²) < 4.78 is 50.3. The maximum Gasteiger partial charge on any atom is 0.283 e. The van der Waals surface area contributed by atoms with Gasteiger partial charge in [-0.25, -0.2) is 8.42 Å². The first-order valence-electron chi connectivity index (χ1n) is 9.09. The molecule has 29 heavy (non-hydrogen) atoms. The third kappa shape index (κ3) is 4.93. The zero-order valence-corrected chi connectivity index (χ0v) is 18.2. The molecule has 2 aromatic rings. The number of anilines is 1. The maximum absolute atomic E-state index is 13.3. The Hall–Kier alpha value is -2.05. The van der Waals surface area contributed by atoms with Crippen molar-refractivity contribution in [3.8, 4) is 0 Å². The van der Waals surface area contributed by atoms with Crippen LogP contribution in [0.1, 0.15) is 21.5 Å². The second-order valence-corrected chi connectivity index (χ2v) is 9.94. The van der Waals surface area contributed by atoms with Gasteiger partial charge in [0.25, 0.3) is 11.6 Å². The predicted molar refractivity (Wildman–Crippen MR) is 112 cm³/mol. The lowest BCUT2D eigenvalue weighted by molar-refractivity contribution is 0.0745. The minimum absolute atomic E-state index is 0.0682. The highest BCUT2D eigenvalue weighted by Crippen LogP contribution is 2.35. The van der Waals surface area contributed by atoms with Crippen molar-refractivity contribution >= 4 is 30.7 Å². The molecule has 1 aliphatic rings. The molecule has 1 amide bonds.